The van der Waals surface area contributed by atoms with Crippen LogP contribution < -0.4 is 5.32 Å². The number of anilines is 1. The maximum absolute atomic E-state index is 13.5. The number of pyridine rings is 1. The largest absolute Gasteiger partial charge is 0.322 e. The Hall–Kier alpha value is -3.93. The first kappa shape index (κ1) is 18.4. The number of hydrogen-bond donors (Lipinski definition) is 1. The molecule has 4 aromatic rings. The zero-order valence-electron chi connectivity index (χ0n) is 15.6. The summed E-state index contributed by atoms with van der Waals surface area (Å²) in [5.41, 5.74) is 3.68. The second kappa shape index (κ2) is 7.98. The summed E-state index contributed by atoms with van der Waals surface area (Å²) in [7, 11) is 0. The van der Waals surface area contributed by atoms with E-state index in [1.807, 2.05) is 30.3 Å². The van der Waals surface area contributed by atoms with Crippen molar-refractivity contribution in [3.8, 4) is 0 Å². The van der Waals surface area contributed by atoms with E-state index in [1.54, 1.807) is 43.3 Å². The zero-order chi connectivity index (χ0) is 20.2. The lowest BCUT2D eigenvalue weighted by Crippen LogP contribution is -2.14. The molecule has 1 heterocycles. The summed E-state index contributed by atoms with van der Waals surface area (Å²) < 4.78 is 13.5. The summed E-state index contributed by atoms with van der Waals surface area (Å²) in [6.07, 6.45) is 0. The molecule has 5 nitrogen and oxygen atoms in total. The fourth-order valence-corrected chi connectivity index (χ4v) is 2.89. The van der Waals surface area contributed by atoms with Gasteiger partial charge in [0.25, 0.3) is 5.91 Å². The summed E-state index contributed by atoms with van der Waals surface area (Å²) in [5, 5.41) is 11.8. The number of halogens is 1. The molecule has 1 N–H and O–H groups in total. The van der Waals surface area contributed by atoms with Crippen molar-refractivity contribution in [2.24, 2.45) is 10.2 Å². The molecule has 0 atom stereocenters. The van der Waals surface area contributed by atoms with E-state index < -0.39 is 0 Å². The number of nitrogens with one attached hydrogen (secondary N) is 1. The van der Waals surface area contributed by atoms with Gasteiger partial charge in [0, 0.05) is 11.1 Å². The Bertz CT molecular complexity index is 1200. The summed E-state index contributed by atoms with van der Waals surface area (Å²) in [6.45, 7) is 1.75. The third-order valence-electron chi connectivity index (χ3n) is 4.37. The zero-order valence-corrected chi connectivity index (χ0v) is 15.6. The minimum Gasteiger partial charge on any atom is -0.322 e. The summed E-state index contributed by atoms with van der Waals surface area (Å²) in [5.74, 6) is -0.672. The molecule has 0 spiro atoms. The number of nitrogens with zero attached hydrogens (tertiary/aromatic N) is 3. The summed E-state index contributed by atoms with van der Waals surface area (Å²) >= 11 is 0. The van der Waals surface area contributed by atoms with Crippen LogP contribution in [0.15, 0.2) is 89.1 Å². The Morgan fingerprint density at radius 1 is 0.897 bits per heavy atom. The van der Waals surface area contributed by atoms with E-state index >= 15 is 0 Å². The first-order chi connectivity index (χ1) is 14.1. The first-order valence-corrected chi connectivity index (χ1v) is 9.03. The standard InChI is InChI=1S/C23H17FN4O/c1-15-21(14-16-13-17(24)7-12-22(16)25-15)23(29)26-18-8-10-20(11-9-18)28-27-19-5-3-2-4-6-19/h2-14H,1H3,(H,26,29). The number of carbonyl (C=O) groups is 1. The second-order valence-corrected chi connectivity index (χ2v) is 6.49. The van der Waals surface area contributed by atoms with E-state index in [4.69, 9.17) is 0 Å². The molecule has 0 saturated carbocycles. The van der Waals surface area contributed by atoms with Crippen molar-refractivity contribution < 1.29 is 9.18 Å². The summed E-state index contributed by atoms with van der Waals surface area (Å²) in [4.78, 5) is 17.1. The Morgan fingerprint density at radius 2 is 1.59 bits per heavy atom. The second-order valence-electron chi connectivity index (χ2n) is 6.49. The highest BCUT2D eigenvalue weighted by Crippen LogP contribution is 2.22. The fraction of sp³-hybridized carbons (Fsp3) is 0.0435. The van der Waals surface area contributed by atoms with Crippen LogP contribution >= 0.6 is 0 Å². The van der Waals surface area contributed by atoms with Crippen molar-refractivity contribution >= 4 is 33.9 Å². The van der Waals surface area contributed by atoms with Gasteiger partial charge in [0.05, 0.1) is 28.1 Å². The number of hydrogen-bond acceptors (Lipinski definition) is 4. The number of aromatic nitrogens is 1. The van der Waals surface area contributed by atoms with E-state index in [1.165, 1.54) is 12.1 Å². The molecule has 1 aromatic heterocycles. The summed E-state index contributed by atoms with van der Waals surface area (Å²) in [6, 6.07) is 22.4. The molecule has 0 aliphatic rings. The predicted molar refractivity (Wildman–Crippen MR) is 111 cm³/mol. The molecule has 0 unspecified atom stereocenters. The van der Waals surface area contributed by atoms with Crippen molar-refractivity contribution in [3.05, 3.63) is 95.9 Å². The van der Waals surface area contributed by atoms with Crippen LogP contribution in [0.5, 0.6) is 0 Å². The number of azo groups is 1. The lowest BCUT2D eigenvalue weighted by Gasteiger charge is -2.09. The van der Waals surface area contributed by atoms with Crippen LogP contribution in [0.2, 0.25) is 0 Å². The molecule has 0 radical (unpaired) electrons. The van der Waals surface area contributed by atoms with Gasteiger partial charge in [0.15, 0.2) is 0 Å². The smallest absolute Gasteiger partial charge is 0.257 e. The Morgan fingerprint density at radius 3 is 2.31 bits per heavy atom. The maximum Gasteiger partial charge on any atom is 0.257 e. The van der Waals surface area contributed by atoms with Crippen LogP contribution in [0.3, 0.4) is 0 Å². The molecule has 0 bridgehead atoms. The van der Waals surface area contributed by atoms with E-state index in [2.05, 4.69) is 20.5 Å². The number of aryl methyl sites for hydroxylation is 1. The van der Waals surface area contributed by atoms with Crippen LogP contribution in [0.4, 0.5) is 21.5 Å². The third kappa shape index (κ3) is 4.32. The number of fused-ring (bicyclic) bond motifs is 1. The van der Waals surface area contributed by atoms with Crippen molar-refractivity contribution in [3.63, 3.8) is 0 Å². The lowest BCUT2D eigenvalue weighted by molar-refractivity contribution is 0.102. The van der Waals surface area contributed by atoms with Crippen LogP contribution in [0.1, 0.15) is 16.1 Å². The molecule has 4 rings (SSSR count). The molecule has 29 heavy (non-hydrogen) atoms. The van der Waals surface area contributed by atoms with Crippen molar-refractivity contribution in [2.75, 3.05) is 5.32 Å². The first-order valence-electron chi connectivity index (χ1n) is 9.03. The van der Waals surface area contributed by atoms with Gasteiger partial charge in [-0.25, -0.2) is 4.39 Å². The highest BCUT2D eigenvalue weighted by atomic mass is 19.1. The molecule has 3 aromatic carbocycles. The van der Waals surface area contributed by atoms with Gasteiger partial charge in [-0.1, -0.05) is 18.2 Å². The minimum atomic E-state index is -0.366. The minimum absolute atomic E-state index is 0.306. The van der Waals surface area contributed by atoms with Gasteiger partial charge >= 0.3 is 0 Å². The normalized spacial score (nSPS) is 11.1. The van der Waals surface area contributed by atoms with Gasteiger partial charge < -0.3 is 5.32 Å². The lowest BCUT2D eigenvalue weighted by atomic mass is 10.1. The van der Waals surface area contributed by atoms with E-state index in [0.29, 0.717) is 33.5 Å². The van der Waals surface area contributed by atoms with Gasteiger partial charge in [-0.05, 0) is 67.6 Å². The van der Waals surface area contributed by atoms with E-state index in [-0.39, 0.29) is 11.7 Å². The molecule has 0 aliphatic carbocycles. The van der Waals surface area contributed by atoms with E-state index in [9.17, 15) is 9.18 Å². The molecule has 0 aliphatic heterocycles. The monoisotopic (exact) mass is 384 g/mol. The topological polar surface area (TPSA) is 66.7 Å². The average Bonchev–Trinajstić information content (AvgIpc) is 2.74. The average molecular weight is 384 g/mol. The van der Waals surface area contributed by atoms with Gasteiger partial charge in [0.2, 0.25) is 0 Å². The Kier molecular flexibility index (Phi) is 5.07. The number of carbonyl (C=O) groups excluding carboxylic acids is 1. The van der Waals surface area contributed by atoms with Crippen LogP contribution in [0, 0.1) is 12.7 Å². The molecular weight excluding hydrogens is 367 g/mol. The number of amides is 1. The maximum atomic E-state index is 13.5. The predicted octanol–water partition coefficient (Wildman–Crippen LogP) is 6.35. The quantitative estimate of drug-likeness (QED) is 0.417. The highest BCUT2D eigenvalue weighted by Gasteiger charge is 2.12. The van der Waals surface area contributed by atoms with Crippen molar-refractivity contribution in [2.45, 2.75) is 6.92 Å². The van der Waals surface area contributed by atoms with Gasteiger partial charge in [-0.3, -0.25) is 9.78 Å². The SMILES string of the molecule is Cc1nc2ccc(F)cc2cc1C(=O)Nc1ccc(N=Nc2ccccc2)cc1. The van der Waals surface area contributed by atoms with Crippen LogP contribution in [-0.4, -0.2) is 10.9 Å². The molecule has 142 valence electrons. The number of rotatable bonds is 4. The Labute approximate surface area is 167 Å². The van der Waals surface area contributed by atoms with Crippen LogP contribution in [-0.2, 0) is 0 Å². The van der Waals surface area contributed by atoms with Gasteiger partial charge in [-0.2, -0.15) is 10.2 Å². The van der Waals surface area contributed by atoms with Crippen molar-refractivity contribution in [1.82, 2.24) is 4.98 Å². The van der Waals surface area contributed by atoms with Crippen LogP contribution in [0.25, 0.3) is 10.9 Å². The number of benzene rings is 3. The van der Waals surface area contributed by atoms with Gasteiger partial charge in [-0.15, -0.1) is 0 Å². The molecular formula is C23H17FN4O. The van der Waals surface area contributed by atoms with Gasteiger partial charge in [0.1, 0.15) is 5.82 Å². The molecule has 1 amide bonds. The van der Waals surface area contributed by atoms with Crippen molar-refractivity contribution in [1.29, 1.82) is 0 Å². The Balaban J connectivity index is 1.50. The molecule has 0 fully saturated rings. The third-order valence-corrected chi connectivity index (χ3v) is 4.37. The van der Waals surface area contributed by atoms with E-state index in [0.717, 1.165) is 5.69 Å². The molecule has 0 saturated heterocycles. The fourth-order valence-electron chi connectivity index (χ4n) is 2.89. The molecule has 6 heteroatoms. The highest BCUT2D eigenvalue weighted by molar-refractivity contribution is 6.06.